The first kappa shape index (κ1) is 18.7. The van der Waals surface area contributed by atoms with E-state index in [0.717, 1.165) is 24.4 Å². The Kier molecular flexibility index (Phi) is 5.58. The van der Waals surface area contributed by atoms with Crippen molar-refractivity contribution < 1.29 is 35.0 Å². The number of halogens is 3. The highest BCUT2D eigenvalue weighted by atomic mass is 19.4. The fourth-order valence-electron chi connectivity index (χ4n) is 5.63. The zero-order valence-corrected chi connectivity index (χ0v) is 21.5. The topological polar surface area (TPSA) is 48.9 Å². The number of pyridine rings is 1. The van der Waals surface area contributed by atoms with Crippen LogP contribution < -0.4 is 0 Å². The maximum atomic E-state index is 13.7. The second-order valence-corrected chi connectivity index (χ2v) is 10.4. The summed E-state index contributed by atoms with van der Waals surface area (Å²) in [6, 6.07) is 5.05. The number of amides is 1. The van der Waals surface area contributed by atoms with Crippen molar-refractivity contribution in [3.63, 3.8) is 0 Å². The molecule has 208 valence electrons. The van der Waals surface area contributed by atoms with Crippen molar-refractivity contribution >= 4 is 5.91 Å². The lowest BCUT2D eigenvalue weighted by molar-refractivity contribution is -0.137. The summed E-state index contributed by atoms with van der Waals surface area (Å²) < 4.78 is 114. The van der Waals surface area contributed by atoms with Crippen molar-refractivity contribution in [1.82, 2.24) is 19.7 Å². The normalized spacial score (nSPS) is 26.4. The number of nitrogens with zero attached hydrogens (tertiary/aromatic N) is 4. The monoisotopic (exact) mass is 541 g/mol. The number of aryl methyl sites for hydroxylation is 2. The summed E-state index contributed by atoms with van der Waals surface area (Å²) in [4.78, 5) is 23.3. The number of aromatic nitrogens is 1. The average molecular weight is 542 g/mol. The molecule has 0 radical (unpaired) electrons. The summed E-state index contributed by atoms with van der Waals surface area (Å²) in [7, 11) is -2.68. The first-order valence-corrected chi connectivity index (χ1v) is 12.6. The van der Waals surface area contributed by atoms with Gasteiger partial charge in [0.05, 0.1) is 33.6 Å². The lowest BCUT2D eigenvalue weighted by Gasteiger charge is -2.52. The molecule has 2 saturated heterocycles. The fourth-order valence-corrected chi connectivity index (χ4v) is 5.63. The molecule has 38 heavy (non-hydrogen) atoms. The molecule has 1 aromatic carbocycles. The van der Waals surface area contributed by atoms with Gasteiger partial charge < -0.3 is 9.64 Å². The quantitative estimate of drug-likeness (QED) is 0.509. The van der Waals surface area contributed by atoms with E-state index in [1.54, 1.807) is 0 Å². The molecule has 1 aromatic heterocycles. The SMILES string of the molecule is [2H]C([2H])([2H])OC[C@@H](c1ccc(C(F)(F)F)cc1)N1CCN(C2(C)CCN(C(=O)c3c(C([2H])([2H])[2H])ccnc3C([2H])([2H])[2H])CC2)C[C@@H]1C. The Morgan fingerprint density at radius 1 is 1.16 bits per heavy atom. The summed E-state index contributed by atoms with van der Waals surface area (Å²) in [6.45, 7) is 0.323. The van der Waals surface area contributed by atoms with Crippen molar-refractivity contribution in [3.8, 4) is 0 Å². The van der Waals surface area contributed by atoms with E-state index in [4.69, 9.17) is 17.1 Å². The van der Waals surface area contributed by atoms with Crippen LogP contribution in [0.3, 0.4) is 0 Å². The standard InChI is InChI=1S/C29H39F3N4O2/c1-20-10-13-33-22(3)26(20)27(37)34-14-11-28(4,12-15-34)35-16-17-36(21(2)18-35)25(19-38-5)23-6-8-24(9-7-23)29(30,31)32/h6-10,13,21,25H,11-12,14-19H2,1-5H3/t21-,25-/m0/s1/i1D3,3D3,5D3. The van der Waals surface area contributed by atoms with Gasteiger partial charge in [0.25, 0.3) is 5.91 Å². The summed E-state index contributed by atoms with van der Waals surface area (Å²) >= 11 is 0. The molecule has 2 fully saturated rings. The number of ether oxygens (including phenoxy) is 1. The van der Waals surface area contributed by atoms with Gasteiger partial charge in [0.15, 0.2) is 0 Å². The van der Waals surface area contributed by atoms with Crippen molar-refractivity contribution in [2.75, 3.05) is 46.4 Å². The Balaban J connectivity index is 1.48. The van der Waals surface area contributed by atoms with Gasteiger partial charge in [0.1, 0.15) is 0 Å². The molecule has 2 aromatic rings. The number of piperidine rings is 1. The predicted octanol–water partition coefficient (Wildman–Crippen LogP) is 5.11. The molecule has 0 spiro atoms. The smallest absolute Gasteiger partial charge is 0.383 e. The van der Waals surface area contributed by atoms with Crippen LogP contribution in [-0.2, 0) is 10.9 Å². The molecule has 1 amide bonds. The van der Waals surface area contributed by atoms with E-state index in [1.807, 2.05) is 11.8 Å². The molecular formula is C29H39F3N4O2. The third kappa shape index (κ3) is 5.90. The number of piperazine rings is 1. The number of likely N-dealkylation sites (tertiary alicyclic amines) is 1. The maximum Gasteiger partial charge on any atom is 0.416 e. The zero-order valence-electron chi connectivity index (χ0n) is 30.5. The summed E-state index contributed by atoms with van der Waals surface area (Å²) in [5.41, 5.74) is -1.98. The van der Waals surface area contributed by atoms with Gasteiger partial charge in [0, 0.05) is 65.8 Å². The van der Waals surface area contributed by atoms with Gasteiger partial charge in [0.2, 0.25) is 0 Å². The number of carbonyl (C=O) groups is 1. The Morgan fingerprint density at radius 3 is 2.50 bits per heavy atom. The van der Waals surface area contributed by atoms with Crippen LogP contribution in [0.2, 0.25) is 0 Å². The van der Waals surface area contributed by atoms with E-state index in [2.05, 4.69) is 16.8 Å². The van der Waals surface area contributed by atoms with Gasteiger partial charge in [-0.05, 0) is 69.7 Å². The molecule has 0 saturated carbocycles. The van der Waals surface area contributed by atoms with E-state index >= 15 is 0 Å². The Hall–Kier alpha value is -2.49. The lowest BCUT2D eigenvalue weighted by Crippen LogP contribution is -2.62. The Labute approximate surface area is 236 Å². The average Bonchev–Trinajstić information content (AvgIpc) is 2.96. The number of hydrogen-bond donors (Lipinski definition) is 0. The largest absolute Gasteiger partial charge is 0.416 e. The van der Waals surface area contributed by atoms with Crippen LogP contribution in [0.5, 0.6) is 0 Å². The van der Waals surface area contributed by atoms with Crippen LogP contribution >= 0.6 is 0 Å². The maximum absolute atomic E-state index is 13.7. The molecule has 0 bridgehead atoms. The minimum absolute atomic E-state index is 0.146. The summed E-state index contributed by atoms with van der Waals surface area (Å²) in [5.74, 6) is -0.691. The number of carbonyl (C=O) groups excluding carboxylic acids is 1. The van der Waals surface area contributed by atoms with Crippen molar-refractivity contribution in [3.05, 3.63) is 64.5 Å². The van der Waals surface area contributed by atoms with E-state index in [9.17, 15) is 18.0 Å². The highest BCUT2D eigenvalue weighted by molar-refractivity contribution is 5.96. The second-order valence-electron chi connectivity index (χ2n) is 10.4. The molecule has 4 rings (SSSR count). The van der Waals surface area contributed by atoms with Gasteiger partial charge in [-0.1, -0.05) is 12.1 Å². The fraction of sp³-hybridized carbons (Fsp3) is 0.586. The highest BCUT2D eigenvalue weighted by Gasteiger charge is 2.41. The van der Waals surface area contributed by atoms with E-state index in [1.165, 1.54) is 17.0 Å². The van der Waals surface area contributed by atoms with Crippen LogP contribution in [0.25, 0.3) is 0 Å². The van der Waals surface area contributed by atoms with Crippen molar-refractivity contribution in [1.29, 1.82) is 0 Å². The number of methoxy groups -OCH3 is 1. The third-order valence-corrected chi connectivity index (χ3v) is 8.00. The molecule has 0 aliphatic carbocycles. The van der Waals surface area contributed by atoms with E-state index in [0.29, 0.717) is 38.0 Å². The Bertz CT molecular complexity index is 1380. The molecule has 0 unspecified atom stereocenters. The molecule has 3 heterocycles. The number of benzene rings is 1. The minimum Gasteiger partial charge on any atom is -0.383 e. The highest BCUT2D eigenvalue weighted by Crippen LogP contribution is 2.35. The van der Waals surface area contributed by atoms with Gasteiger partial charge in [-0.25, -0.2) is 0 Å². The number of hydrogen-bond acceptors (Lipinski definition) is 5. The van der Waals surface area contributed by atoms with Gasteiger partial charge in [-0.3, -0.25) is 19.6 Å². The molecule has 2 aliphatic rings. The first-order chi connectivity index (χ1) is 21.5. The lowest BCUT2D eigenvalue weighted by atomic mass is 9.86. The van der Waals surface area contributed by atoms with Gasteiger partial charge in [-0.2, -0.15) is 13.2 Å². The molecule has 2 atom stereocenters. The number of rotatable bonds is 6. The van der Waals surface area contributed by atoms with E-state index in [-0.39, 0.29) is 36.8 Å². The second kappa shape index (κ2) is 11.3. The molecule has 0 N–H and O–H groups in total. The van der Waals surface area contributed by atoms with Crippen molar-refractivity contribution in [2.24, 2.45) is 0 Å². The van der Waals surface area contributed by atoms with Crippen LogP contribution in [-0.4, -0.2) is 83.5 Å². The summed E-state index contributed by atoms with van der Waals surface area (Å²) in [5, 5.41) is 0. The van der Waals surface area contributed by atoms with E-state index < -0.39 is 55.7 Å². The molecule has 9 heteroatoms. The molecular weight excluding hydrogens is 493 g/mol. The first-order valence-electron chi connectivity index (χ1n) is 17.1. The van der Waals surface area contributed by atoms with Crippen LogP contribution in [0.1, 0.15) is 77.8 Å². The molecule has 6 nitrogen and oxygen atoms in total. The zero-order chi connectivity index (χ0) is 35.2. The molecule has 2 aliphatic heterocycles. The summed E-state index contributed by atoms with van der Waals surface area (Å²) in [6.07, 6.45) is -2.39. The minimum atomic E-state index is -4.51. The number of alkyl halides is 3. The third-order valence-electron chi connectivity index (χ3n) is 8.00. The van der Waals surface area contributed by atoms with Crippen LogP contribution in [0, 0.1) is 13.7 Å². The predicted molar refractivity (Wildman–Crippen MR) is 141 cm³/mol. The Morgan fingerprint density at radius 2 is 1.89 bits per heavy atom. The van der Waals surface area contributed by atoms with Gasteiger partial charge >= 0.3 is 6.18 Å². The van der Waals surface area contributed by atoms with Crippen LogP contribution in [0.4, 0.5) is 13.2 Å². The van der Waals surface area contributed by atoms with Crippen molar-refractivity contribution in [2.45, 2.75) is 64.2 Å². The van der Waals surface area contributed by atoms with Gasteiger partial charge in [-0.15, -0.1) is 0 Å². The van der Waals surface area contributed by atoms with Crippen LogP contribution in [0.15, 0.2) is 36.5 Å².